The number of hydrogen-bond donors (Lipinski definition) is 3. The summed E-state index contributed by atoms with van der Waals surface area (Å²) in [6, 6.07) is 1.83. The van der Waals surface area contributed by atoms with E-state index in [-0.39, 0.29) is 5.54 Å². The molecule has 0 aromatic carbocycles. The highest BCUT2D eigenvalue weighted by molar-refractivity contribution is 5.78. The molecule has 0 saturated heterocycles. The zero-order valence-electron chi connectivity index (χ0n) is 10.4. The normalized spacial score (nSPS) is 14.1. The second-order valence-corrected chi connectivity index (χ2v) is 5.18. The molecule has 5 nitrogen and oxygen atoms in total. The number of aliphatic hydroxyl groups excluding tert-OH is 1. The summed E-state index contributed by atoms with van der Waals surface area (Å²) in [6.07, 6.45) is 2.81. The number of aromatic amines is 1. The summed E-state index contributed by atoms with van der Waals surface area (Å²) in [5.74, 6) is 0. The van der Waals surface area contributed by atoms with Crippen LogP contribution in [0.2, 0.25) is 0 Å². The van der Waals surface area contributed by atoms with E-state index in [4.69, 9.17) is 0 Å². The maximum atomic E-state index is 10.2. The molecule has 0 amide bonds. The fraction of sp³-hybridized carbons (Fsp3) is 0.500. The van der Waals surface area contributed by atoms with Crippen LogP contribution in [0.3, 0.4) is 0 Å². The summed E-state index contributed by atoms with van der Waals surface area (Å²) in [6.45, 7) is 6.72. The highest BCUT2D eigenvalue weighted by Gasteiger charge is 2.16. The van der Waals surface area contributed by atoms with Crippen LogP contribution in [0.5, 0.6) is 0 Å². The van der Waals surface area contributed by atoms with Crippen molar-refractivity contribution in [3.63, 3.8) is 0 Å². The summed E-state index contributed by atoms with van der Waals surface area (Å²) in [5.41, 5.74) is 1.54. The molecule has 0 bridgehead atoms. The number of H-pyrrole nitrogens is 1. The minimum atomic E-state index is -0.558. The fourth-order valence-corrected chi connectivity index (χ4v) is 1.67. The van der Waals surface area contributed by atoms with Gasteiger partial charge >= 0.3 is 0 Å². The van der Waals surface area contributed by atoms with Gasteiger partial charge in [0.15, 0.2) is 5.65 Å². The van der Waals surface area contributed by atoms with Gasteiger partial charge in [0.25, 0.3) is 0 Å². The minimum absolute atomic E-state index is 0.0104. The lowest BCUT2D eigenvalue weighted by atomic mass is 10.1. The highest BCUT2D eigenvalue weighted by atomic mass is 16.3. The minimum Gasteiger partial charge on any atom is -0.387 e. The molecule has 0 aliphatic carbocycles. The van der Waals surface area contributed by atoms with Crippen LogP contribution in [0.25, 0.3) is 11.0 Å². The van der Waals surface area contributed by atoms with Gasteiger partial charge in [-0.05, 0) is 32.4 Å². The van der Waals surface area contributed by atoms with Gasteiger partial charge in [-0.1, -0.05) is 0 Å². The van der Waals surface area contributed by atoms with Gasteiger partial charge in [0.1, 0.15) is 0 Å². The van der Waals surface area contributed by atoms with Gasteiger partial charge in [-0.15, -0.1) is 0 Å². The van der Waals surface area contributed by atoms with Gasteiger partial charge in [0.05, 0.1) is 12.3 Å². The summed E-state index contributed by atoms with van der Waals surface area (Å²) < 4.78 is 0. The van der Waals surface area contributed by atoms with Crippen LogP contribution in [0.1, 0.15) is 32.4 Å². The summed E-state index contributed by atoms with van der Waals surface area (Å²) in [5, 5.41) is 21.0. The van der Waals surface area contributed by atoms with Crippen molar-refractivity contribution < 1.29 is 5.11 Å². The Morgan fingerprint density at radius 2 is 2.24 bits per heavy atom. The lowest BCUT2D eigenvalue weighted by Crippen LogP contribution is -2.38. The van der Waals surface area contributed by atoms with E-state index in [9.17, 15) is 5.11 Å². The van der Waals surface area contributed by atoms with Gasteiger partial charge in [-0.3, -0.25) is 5.10 Å². The molecule has 2 aromatic heterocycles. The summed E-state index contributed by atoms with van der Waals surface area (Å²) in [7, 11) is 0. The predicted octanol–water partition coefficient (Wildman–Crippen LogP) is 1.38. The molecule has 17 heavy (non-hydrogen) atoms. The molecule has 2 rings (SSSR count). The van der Waals surface area contributed by atoms with Crippen LogP contribution in [0.15, 0.2) is 18.5 Å². The first-order valence-corrected chi connectivity index (χ1v) is 5.68. The topological polar surface area (TPSA) is 73.8 Å². The Balaban J connectivity index is 2.19. The van der Waals surface area contributed by atoms with Gasteiger partial charge in [0, 0.05) is 23.7 Å². The SMILES string of the molecule is CC(C)(C)NC[C@@H](O)c1ccnc2[nH]ncc12. The smallest absolute Gasteiger partial charge is 0.155 e. The number of aliphatic hydroxyl groups is 1. The number of fused-ring (bicyclic) bond motifs is 1. The first-order valence-electron chi connectivity index (χ1n) is 5.68. The summed E-state index contributed by atoms with van der Waals surface area (Å²) >= 11 is 0. The van der Waals surface area contributed by atoms with E-state index in [1.165, 1.54) is 0 Å². The van der Waals surface area contributed by atoms with Gasteiger partial charge in [-0.2, -0.15) is 5.10 Å². The highest BCUT2D eigenvalue weighted by Crippen LogP contribution is 2.21. The third-order valence-electron chi connectivity index (χ3n) is 2.57. The standard InChI is InChI=1S/C12H18N4O/c1-12(2,3)14-7-10(17)8-4-5-13-11-9(8)6-15-16-11/h4-6,10,14,17H,7H2,1-3H3,(H,13,15,16)/t10-/m1/s1. The Hall–Kier alpha value is -1.46. The van der Waals surface area contributed by atoms with E-state index < -0.39 is 6.10 Å². The Kier molecular flexibility index (Phi) is 3.13. The molecule has 0 fully saturated rings. The Labute approximate surface area is 100 Å². The number of nitrogens with zero attached hydrogens (tertiary/aromatic N) is 2. The van der Waals surface area contributed by atoms with Crippen molar-refractivity contribution in [2.75, 3.05) is 6.54 Å². The van der Waals surface area contributed by atoms with Crippen LogP contribution in [-0.2, 0) is 0 Å². The van der Waals surface area contributed by atoms with E-state index in [1.54, 1.807) is 12.4 Å². The van der Waals surface area contributed by atoms with E-state index >= 15 is 0 Å². The number of hydrogen-bond acceptors (Lipinski definition) is 4. The quantitative estimate of drug-likeness (QED) is 0.750. The molecule has 92 valence electrons. The molecule has 1 atom stereocenters. The van der Waals surface area contributed by atoms with Crippen molar-refractivity contribution >= 4 is 11.0 Å². The third kappa shape index (κ3) is 2.81. The second-order valence-electron chi connectivity index (χ2n) is 5.18. The van der Waals surface area contributed by atoms with Crippen molar-refractivity contribution in [3.8, 4) is 0 Å². The third-order valence-corrected chi connectivity index (χ3v) is 2.57. The van der Waals surface area contributed by atoms with E-state index in [2.05, 4.69) is 41.3 Å². The number of nitrogens with one attached hydrogen (secondary N) is 2. The first kappa shape index (κ1) is 12.0. The van der Waals surface area contributed by atoms with Crippen molar-refractivity contribution in [1.29, 1.82) is 0 Å². The zero-order valence-corrected chi connectivity index (χ0v) is 10.4. The van der Waals surface area contributed by atoms with Crippen LogP contribution >= 0.6 is 0 Å². The fourth-order valence-electron chi connectivity index (χ4n) is 1.67. The monoisotopic (exact) mass is 234 g/mol. The summed E-state index contributed by atoms with van der Waals surface area (Å²) in [4.78, 5) is 4.14. The number of aromatic nitrogens is 3. The lowest BCUT2D eigenvalue weighted by Gasteiger charge is -2.23. The largest absolute Gasteiger partial charge is 0.387 e. The average molecular weight is 234 g/mol. The van der Waals surface area contributed by atoms with Crippen LogP contribution in [0, 0.1) is 0 Å². The van der Waals surface area contributed by atoms with E-state index in [1.807, 2.05) is 6.07 Å². The molecule has 2 heterocycles. The molecule has 0 unspecified atom stereocenters. The molecule has 5 heteroatoms. The Bertz CT molecular complexity index is 500. The molecule has 0 radical (unpaired) electrons. The second kappa shape index (κ2) is 4.43. The molecule has 0 aliphatic heterocycles. The van der Waals surface area contributed by atoms with Crippen molar-refractivity contribution in [1.82, 2.24) is 20.5 Å². The van der Waals surface area contributed by atoms with Gasteiger partial charge in [0.2, 0.25) is 0 Å². The zero-order chi connectivity index (χ0) is 12.5. The van der Waals surface area contributed by atoms with Gasteiger partial charge < -0.3 is 10.4 Å². The van der Waals surface area contributed by atoms with Crippen LogP contribution < -0.4 is 5.32 Å². The lowest BCUT2D eigenvalue weighted by molar-refractivity contribution is 0.164. The molecule has 0 saturated carbocycles. The number of β-amino-alcohol motifs (C(OH)–C–C–N with tert-alkyl or cyclic N) is 1. The Morgan fingerprint density at radius 1 is 1.47 bits per heavy atom. The van der Waals surface area contributed by atoms with Gasteiger partial charge in [-0.25, -0.2) is 4.98 Å². The molecule has 2 aromatic rings. The number of rotatable bonds is 3. The van der Waals surface area contributed by atoms with Crippen molar-refractivity contribution in [2.45, 2.75) is 32.4 Å². The molecule has 0 aliphatic rings. The van der Waals surface area contributed by atoms with Crippen molar-refractivity contribution in [2.24, 2.45) is 0 Å². The number of pyridine rings is 1. The maximum absolute atomic E-state index is 10.2. The average Bonchev–Trinajstić information content (AvgIpc) is 2.72. The Morgan fingerprint density at radius 3 is 2.94 bits per heavy atom. The molecular formula is C12H18N4O. The molecular weight excluding hydrogens is 216 g/mol. The van der Waals surface area contributed by atoms with E-state index in [0.717, 1.165) is 10.9 Å². The predicted molar refractivity (Wildman–Crippen MR) is 66.6 cm³/mol. The van der Waals surface area contributed by atoms with E-state index in [0.29, 0.717) is 12.2 Å². The van der Waals surface area contributed by atoms with Crippen LogP contribution in [0.4, 0.5) is 0 Å². The maximum Gasteiger partial charge on any atom is 0.155 e. The molecule has 0 spiro atoms. The van der Waals surface area contributed by atoms with Crippen LogP contribution in [-0.4, -0.2) is 32.4 Å². The molecule has 3 N–H and O–H groups in total. The van der Waals surface area contributed by atoms with Crippen molar-refractivity contribution in [3.05, 3.63) is 24.0 Å². The first-order chi connectivity index (χ1) is 7.97.